The number of aromatic nitrogens is 1. The Labute approximate surface area is 120 Å². The number of nitrogens with zero attached hydrogens (tertiary/aromatic N) is 3. The van der Waals surface area contributed by atoms with Crippen molar-refractivity contribution < 1.29 is 5.21 Å². The van der Waals surface area contributed by atoms with Crippen LogP contribution in [-0.2, 0) is 0 Å². The van der Waals surface area contributed by atoms with E-state index in [4.69, 9.17) is 10.9 Å². The quantitative estimate of drug-likeness (QED) is 0.385. The minimum absolute atomic E-state index is 0.142. The number of anilines is 1. The van der Waals surface area contributed by atoms with Crippen molar-refractivity contribution in [3.05, 3.63) is 23.0 Å². The first-order valence-corrected chi connectivity index (χ1v) is 7.27. The van der Waals surface area contributed by atoms with E-state index in [0.29, 0.717) is 0 Å². The largest absolute Gasteiger partial charge is 0.409 e. The van der Waals surface area contributed by atoms with Crippen LogP contribution in [0.15, 0.2) is 11.2 Å². The number of nitrogens with two attached hydrogens (primary N) is 1. The Morgan fingerprint density at radius 3 is 2.95 bits per heavy atom. The fraction of sp³-hybridized carbons (Fsp3) is 0.600. The van der Waals surface area contributed by atoms with Gasteiger partial charge in [-0.3, -0.25) is 4.98 Å². The predicted octanol–water partition coefficient (Wildman–Crippen LogP) is 2.42. The van der Waals surface area contributed by atoms with Crippen LogP contribution in [0.3, 0.4) is 0 Å². The first-order valence-electron chi connectivity index (χ1n) is 7.27. The van der Waals surface area contributed by atoms with Gasteiger partial charge in [-0.15, -0.1) is 0 Å². The van der Waals surface area contributed by atoms with Crippen LogP contribution in [0.5, 0.6) is 0 Å². The summed E-state index contributed by atoms with van der Waals surface area (Å²) in [7, 11) is 0. The van der Waals surface area contributed by atoms with Crippen molar-refractivity contribution in [1.82, 2.24) is 4.98 Å². The van der Waals surface area contributed by atoms with Gasteiger partial charge >= 0.3 is 0 Å². The summed E-state index contributed by atoms with van der Waals surface area (Å²) in [5.41, 5.74) is 9.43. The maximum Gasteiger partial charge on any atom is 0.174 e. The molecule has 1 atom stereocenters. The van der Waals surface area contributed by atoms with Crippen LogP contribution in [0, 0.1) is 19.8 Å². The summed E-state index contributed by atoms with van der Waals surface area (Å²) in [6, 6.07) is 2.04. The summed E-state index contributed by atoms with van der Waals surface area (Å²) >= 11 is 0. The molecule has 0 amide bonds. The summed E-state index contributed by atoms with van der Waals surface area (Å²) in [4.78, 5) is 6.79. The smallest absolute Gasteiger partial charge is 0.174 e. The molecule has 5 heteroatoms. The Balaban J connectivity index is 2.44. The van der Waals surface area contributed by atoms with Crippen LogP contribution in [0.2, 0.25) is 0 Å². The summed E-state index contributed by atoms with van der Waals surface area (Å²) in [6.07, 6.45) is 3.67. The van der Waals surface area contributed by atoms with Crippen molar-refractivity contribution in [2.24, 2.45) is 16.8 Å². The van der Waals surface area contributed by atoms with Gasteiger partial charge in [-0.05, 0) is 38.7 Å². The van der Waals surface area contributed by atoms with Crippen molar-refractivity contribution >= 4 is 11.5 Å². The molecule has 0 aliphatic carbocycles. The molecule has 1 aromatic heterocycles. The van der Waals surface area contributed by atoms with Crippen molar-refractivity contribution in [2.45, 2.75) is 40.0 Å². The lowest BCUT2D eigenvalue weighted by Crippen LogP contribution is -2.37. The third-order valence-electron chi connectivity index (χ3n) is 4.11. The first-order chi connectivity index (χ1) is 9.56. The summed E-state index contributed by atoms with van der Waals surface area (Å²) in [5.74, 6) is 0.862. The van der Waals surface area contributed by atoms with E-state index in [1.165, 1.54) is 19.3 Å². The van der Waals surface area contributed by atoms with Gasteiger partial charge < -0.3 is 15.8 Å². The lowest BCUT2D eigenvalue weighted by molar-refractivity contribution is 0.318. The van der Waals surface area contributed by atoms with Gasteiger partial charge in [0.2, 0.25) is 0 Å². The second-order valence-corrected chi connectivity index (χ2v) is 5.59. The second kappa shape index (κ2) is 6.11. The molecular weight excluding hydrogens is 252 g/mol. The SMILES string of the molecule is CCC1CCCN(c2cc(C)nc(C)c2/C(N)=N/O)C1. The number of hydrogen-bond donors (Lipinski definition) is 2. The van der Waals surface area contributed by atoms with E-state index in [-0.39, 0.29) is 5.84 Å². The molecular formula is C15H24N4O. The first kappa shape index (κ1) is 14.6. The summed E-state index contributed by atoms with van der Waals surface area (Å²) in [5, 5.41) is 12.2. The molecule has 110 valence electrons. The van der Waals surface area contributed by atoms with Gasteiger partial charge in [-0.25, -0.2) is 0 Å². The van der Waals surface area contributed by atoms with E-state index in [1.807, 2.05) is 19.9 Å². The Morgan fingerprint density at radius 2 is 2.30 bits per heavy atom. The highest BCUT2D eigenvalue weighted by molar-refractivity contribution is 6.03. The topological polar surface area (TPSA) is 74.7 Å². The predicted molar refractivity (Wildman–Crippen MR) is 81.4 cm³/mol. The molecule has 1 aliphatic rings. The third-order valence-corrected chi connectivity index (χ3v) is 4.11. The standard InChI is InChI=1S/C15H24N4O/c1-4-12-6-5-7-19(9-12)13-8-10(2)17-11(3)14(13)15(16)18-20/h8,12,20H,4-7,9H2,1-3H3,(H2,16,18). The zero-order chi connectivity index (χ0) is 14.7. The van der Waals surface area contributed by atoms with Gasteiger partial charge in [-0.1, -0.05) is 18.5 Å². The fourth-order valence-corrected chi connectivity index (χ4v) is 3.04. The Hall–Kier alpha value is -1.78. The average Bonchev–Trinajstić information content (AvgIpc) is 2.45. The van der Waals surface area contributed by atoms with Crippen LogP contribution in [0.4, 0.5) is 5.69 Å². The maximum atomic E-state index is 9.02. The fourth-order valence-electron chi connectivity index (χ4n) is 3.04. The molecule has 2 rings (SSSR count). The second-order valence-electron chi connectivity index (χ2n) is 5.59. The van der Waals surface area contributed by atoms with Crippen LogP contribution in [-0.4, -0.2) is 29.1 Å². The van der Waals surface area contributed by atoms with E-state index < -0.39 is 0 Å². The van der Waals surface area contributed by atoms with Crippen molar-refractivity contribution in [2.75, 3.05) is 18.0 Å². The molecule has 1 aromatic rings. The normalized spacial score (nSPS) is 20.2. The Kier molecular flexibility index (Phi) is 4.47. The highest BCUT2D eigenvalue weighted by Gasteiger charge is 2.23. The lowest BCUT2D eigenvalue weighted by atomic mass is 9.94. The number of pyridine rings is 1. The number of oxime groups is 1. The minimum Gasteiger partial charge on any atom is -0.409 e. The molecule has 0 saturated carbocycles. The Morgan fingerprint density at radius 1 is 1.55 bits per heavy atom. The highest BCUT2D eigenvalue weighted by atomic mass is 16.4. The molecule has 0 bridgehead atoms. The van der Waals surface area contributed by atoms with Gasteiger partial charge in [0.15, 0.2) is 5.84 Å². The van der Waals surface area contributed by atoms with Gasteiger partial charge in [0.25, 0.3) is 0 Å². The van der Waals surface area contributed by atoms with E-state index in [0.717, 1.165) is 41.6 Å². The molecule has 2 heterocycles. The molecule has 1 aliphatic heterocycles. The van der Waals surface area contributed by atoms with Crippen molar-refractivity contribution in [1.29, 1.82) is 0 Å². The lowest BCUT2D eigenvalue weighted by Gasteiger charge is -2.35. The average molecular weight is 276 g/mol. The van der Waals surface area contributed by atoms with Crippen molar-refractivity contribution in [3.8, 4) is 0 Å². The molecule has 1 fully saturated rings. The minimum atomic E-state index is 0.142. The monoisotopic (exact) mass is 276 g/mol. The number of amidine groups is 1. The van der Waals surface area contributed by atoms with Gasteiger partial charge in [-0.2, -0.15) is 0 Å². The molecule has 5 nitrogen and oxygen atoms in total. The molecule has 3 N–H and O–H groups in total. The van der Waals surface area contributed by atoms with Crippen LogP contribution in [0.1, 0.15) is 43.1 Å². The molecule has 1 saturated heterocycles. The zero-order valence-corrected chi connectivity index (χ0v) is 12.6. The van der Waals surface area contributed by atoms with Gasteiger partial charge in [0, 0.05) is 18.8 Å². The van der Waals surface area contributed by atoms with Gasteiger partial charge in [0.1, 0.15) is 0 Å². The molecule has 1 unspecified atom stereocenters. The molecule has 0 radical (unpaired) electrons. The Bertz CT molecular complexity index is 513. The van der Waals surface area contributed by atoms with Crippen LogP contribution in [0.25, 0.3) is 0 Å². The van der Waals surface area contributed by atoms with Gasteiger partial charge in [0.05, 0.1) is 16.9 Å². The number of hydrogen-bond acceptors (Lipinski definition) is 4. The molecule has 20 heavy (non-hydrogen) atoms. The van der Waals surface area contributed by atoms with Crippen LogP contribution < -0.4 is 10.6 Å². The summed E-state index contributed by atoms with van der Waals surface area (Å²) < 4.78 is 0. The van der Waals surface area contributed by atoms with E-state index in [1.54, 1.807) is 0 Å². The molecule has 0 spiro atoms. The van der Waals surface area contributed by atoms with E-state index >= 15 is 0 Å². The van der Waals surface area contributed by atoms with Crippen LogP contribution >= 0.6 is 0 Å². The number of aryl methyl sites for hydroxylation is 2. The molecule has 0 aromatic carbocycles. The van der Waals surface area contributed by atoms with E-state index in [9.17, 15) is 0 Å². The third kappa shape index (κ3) is 2.86. The number of rotatable bonds is 3. The van der Waals surface area contributed by atoms with E-state index in [2.05, 4.69) is 22.0 Å². The maximum absolute atomic E-state index is 9.02. The van der Waals surface area contributed by atoms with Crippen molar-refractivity contribution in [3.63, 3.8) is 0 Å². The number of piperidine rings is 1. The summed E-state index contributed by atoms with van der Waals surface area (Å²) in [6.45, 7) is 8.18. The highest BCUT2D eigenvalue weighted by Crippen LogP contribution is 2.29. The zero-order valence-electron chi connectivity index (χ0n) is 12.6.